The number of para-hydroxylation sites is 1. The van der Waals surface area contributed by atoms with Crippen molar-refractivity contribution in [3.05, 3.63) is 59.0 Å². The predicted octanol–water partition coefficient (Wildman–Crippen LogP) is 5.89. The molecule has 0 fully saturated rings. The Labute approximate surface area is 147 Å². The summed E-state index contributed by atoms with van der Waals surface area (Å²) in [5, 5.41) is 3.53. The molecule has 3 rings (SSSR count). The zero-order chi connectivity index (χ0) is 18.0. The van der Waals surface area contributed by atoms with Gasteiger partial charge < -0.3 is 10.1 Å². The Balaban J connectivity index is 1.94. The average Bonchev–Trinajstić information content (AvgIpc) is 2.95. The number of aryl methyl sites for hydroxylation is 1. The number of thiazole rings is 1. The summed E-state index contributed by atoms with van der Waals surface area (Å²) in [7, 11) is 1.58. The van der Waals surface area contributed by atoms with Crippen LogP contribution in [0.25, 0.3) is 10.6 Å². The summed E-state index contributed by atoms with van der Waals surface area (Å²) in [5.41, 5.74) is 0.121. The number of rotatable bonds is 4. The quantitative estimate of drug-likeness (QED) is 0.627. The topological polar surface area (TPSA) is 34.1 Å². The first-order valence-electron chi connectivity index (χ1n) is 7.43. The van der Waals surface area contributed by atoms with E-state index >= 15 is 0 Å². The number of alkyl halides is 3. The van der Waals surface area contributed by atoms with Crippen molar-refractivity contribution < 1.29 is 17.9 Å². The molecule has 0 unspecified atom stereocenters. The maximum Gasteiger partial charge on any atom is 0.418 e. The van der Waals surface area contributed by atoms with E-state index in [-0.39, 0.29) is 5.69 Å². The van der Waals surface area contributed by atoms with E-state index in [4.69, 9.17) is 4.74 Å². The van der Waals surface area contributed by atoms with E-state index in [1.165, 1.54) is 23.5 Å². The lowest BCUT2D eigenvalue weighted by Crippen LogP contribution is -2.08. The number of ether oxygens (including phenoxy) is 1. The van der Waals surface area contributed by atoms with Gasteiger partial charge in [0.1, 0.15) is 16.6 Å². The van der Waals surface area contributed by atoms with Crippen LogP contribution in [0.15, 0.2) is 48.5 Å². The van der Waals surface area contributed by atoms with Gasteiger partial charge in [-0.1, -0.05) is 24.3 Å². The minimum Gasteiger partial charge on any atom is -0.497 e. The number of hydrogen-bond donors (Lipinski definition) is 1. The average molecular weight is 364 g/mol. The molecule has 0 bridgehead atoms. The minimum atomic E-state index is -4.43. The van der Waals surface area contributed by atoms with Crippen LogP contribution in [0.1, 0.15) is 10.4 Å². The molecule has 0 spiro atoms. The van der Waals surface area contributed by atoms with E-state index < -0.39 is 11.7 Å². The standard InChI is InChI=1S/C18H15F3N2OS/c1-11-16(22-15-9-4-3-8-14(15)18(19,20)21)23-17(25-11)12-6-5-7-13(10-12)24-2/h3-10,22H,1-2H3. The monoisotopic (exact) mass is 364 g/mol. The predicted molar refractivity (Wildman–Crippen MR) is 93.6 cm³/mol. The summed E-state index contributed by atoms with van der Waals surface area (Å²) in [6.45, 7) is 1.82. The maximum absolute atomic E-state index is 13.1. The smallest absolute Gasteiger partial charge is 0.418 e. The van der Waals surface area contributed by atoms with E-state index in [0.29, 0.717) is 16.6 Å². The highest BCUT2D eigenvalue weighted by Gasteiger charge is 2.33. The van der Waals surface area contributed by atoms with Gasteiger partial charge in [0.05, 0.1) is 18.4 Å². The molecule has 2 aromatic carbocycles. The molecule has 0 aliphatic carbocycles. The highest BCUT2D eigenvalue weighted by atomic mass is 32.1. The lowest BCUT2D eigenvalue weighted by Gasteiger charge is -2.13. The Morgan fingerprint density at radius 2 is 1.84 bits per heavy atom. The molecular weight excluding hydrogens is 349 g/mol. The van der Waals surface area contributed by atoms with Crippen LogP contribution in [0.2, 0.25) is 0 Å². The summed E-state index contributed by atoms with van der Waals surface area (Å²) in [5.74, 6) is 1.11. The highest BCUT2D eigenvalue weighted by Crippen LogP contribution is 2.38. The van der Waals surface area contributed by atoms with Crippen LogP contribution in [0, 0.1) is 6.92 Å². The van der Waals surface area contributed by atoms with Crippen LogP contribution < -0.4 is 10.1 Å². The number of benzene rings is 2. The molecule has 0 atom stereocenters. The van der Waals surface area contributed by atoms with Gasteiger partial charge in [-0.25, -0.2) is 4.98 Å². The SMILES string of the molecule is COc1cccc(-c2nc(Nc3ccccc3C(F)(F)F)c(C)s2)c1. The number of aromatic nitrogens is 1. The van der Waals surface area contributed by atoms with E-state index in [1.807, 2.05) is 31.2 Å². The molecule has 0 aliphatic rings. The number of halogens is 3. The van der Waals surface area contributed by atoms with Crippen LogP contribution in [-0.2, 0) is 6.18 Å². The van der Waals surface area contributed by atoms with Crippen molar-refractivity contribution in [1.82, 2.24) is 4.98 Å². The number of nitrogens with one attached hydrogen (secondary N) is 1. The maximum atomic E-state index is 13.1. The Kier molecular flexibility index (Phi) is 4.67. The summed E-state index contributed by atoms with van der Waals surface area (Å²) < 4.78 is 44.6. The summed E-state index contributed by atoms with van der Waals surface area (Å²) in [6, 6.07) is 12.8. The molecule has 7 heteroatoms. The van der Waals surface area contributed by atoms with Crippen molar-refractivity contribution in [3.63, 3.8) is 0 Å². The highest BCUT2D eigenvalue weighted by molar-refractivity contribution is 7.15. The first-order valence-corrected chi connectivity index (χ1v) is 8.25. The van der Waals surface area contributed by atoms with Crippen LogP contribution in [0.3, 0.4) is 0 Å². The van der Waals surface area contributed by atoms with Crippen molar-refractivity contribution in [2.45, 2.75) is 13.1 Å². The minimum absolute atomic E-state index is 0.0133. The van der Waals surface area contributed by atoms with Crippen molar-refractivity contribution in [1.29, 1.82) is 0 Å². The molecule has 3 nitrogen and oxygen atoms in total. The number of hydrogen-bond acceptors (Lipinski definition) is 4. The van der Waals surface area contributed by atoms with Crippen molar-refractivity contribution >= 4 is 22.8 Å². The molecule has 0 saturated carbocycles. The van der Waals surface area contributed by atoms with Crippen molar-refractivity contribution in [3.8, 4) is 16.3 Å². The van der Waals surface area contributed by atoms with Gasteiger partial charge in [0.2, 0.25) is 0 Å². The summed E-state index contributed by atoms with van der Waals surface area (Å²) in [4.78, 5) is 5.26. The van der Waals surface area contributed by atoms with Crippen molar-refractivity contribution in [2.75, 3.05) is 12.4 Å². The van der Waals surface area contributed by atoms with E-state index in [0.717, 1.165) is 16.5 Å². The lowest BCUT2D eigenvalue weighted by atomic mass is 10.1. The normalized spacial score (nSPS) is 11.4. The van der Waals surface area contributed by atoms with Crippen LogP contribution >= 0.6 is 11.3 Å². The Morgan fingerprint density at radius 3 is 2.56 bits per heavy atom. The molecule has 1 N–H and O–H groups in total. The van der Waals surface area contributed by atoms with Gasteiger partial charge in [-0.05, 0) is 31.2 Å². The van der Waals surface area contributed by atoms with E-state index in [9.17, 15) is 13.2 Å². The second kappa shape index (κ2) is 6.76. The zero-order valence-corrected chi connectivity index (χ0v) is 14.3. The molecule has 130 valence electrons. The Bertz CT molecular complexity index is 890. The molecule has 1 heterocycles. The third-order valence-corrected chi connectivity index (χ3v) is 4.62. The second-order valence-electron chi connectivity index (χ2n) is 5.32. The molecule has 3 aromatic rings. The number of nitrogens with zero attached hydrogens (tertiary/aromatic N) is 1. The van der Waals surface area contributed by atoms with Crippen LogP contribution in [0.5, 0.6) is 5.75 Å². The Morgan fingerprint density at radius 1 is 1.08 bits per heavy atom. The van der Waals surface area contributed by atoms with E-state index in [2.05, 4.69) is 10.3 Å². The first kappa shape index (κ1) is 17.3. The van der Waals surface area contributed by atoms with Gasteiger partial charge in [0.25, 0.3) is 0 Å². The largest absolute Gasteiger partial charge is 0.497 e. The zero-order valence-electron chi connectivity index (χ0n) is 13.5. The molecule has 1 aromatic heterocycles. The van der Waals surface area contributed by atoms with Crippen molar-refractivity contribution in [2.24, 2.45) is 0 Å². The summed E-state index contributed by atoms with van der Waals surface area (Å²) >= 11 is 1.41. The third kappa shape index (κ3) is 3.76. The molecular formula is C18H15F3N2OS. The fourth-order valence-electron chi connectivity index (χ4n) is 2.36. The third-order valence-electron chi connectivity index (χ3n) is 3.60. The van der Waals surface area contributed by atoms with Gasteiger partial charge >= 0.3 is 6.18 Å². The van der Waals surface area contributed by atoms with Gasteiger partial charge in [-0.3, -0.25) is 0 Å². The molecule has 0 aliphatic heterocycles. The van der Waals surface area contributed by atoms with Gasteiger partial charge in [0.15, 0.2) is 0 Å². The Hall–Kier alpha value is -2.54. The van der Waals surface area contributed by atoms with Gasteiger partial charge in [-0.15, -0.1) is 11.3 Å². The first-order chi connectivity index (χ1) is 11.9. The molecule has 0 radical (unpaired) electrons. The van der Waals surface area contributed by atoms with E-state index in [1.54, 1.807) is 13.2 Å². The number of anilines is 2. The van der Waals surface area contributed by atoms with Crippen LogP contribution in [-0.4, -0.2) is 12.1 Å². The summed E-state index contributed by atoms with van der Waals surface area (Å²) in [6.07, 6.45) is -4.43. The molecule has 0 saturated heterocycles. The number of methoxy groups -OCH3 is 1. The second-order valence-corrected chi connectivity index (χ2v) is 6.53. The fourth-order valence-corrected chi connectivity index (χ4v) is 3.22. The van der Waals surface area contributed by atoms with Gasteiger partial charge in [0, 0.05) is 10.4 Å². The van der Waals surface area contributed by atoms with Gasteiger partial charge in [-0.2, -0.15) is 13.2 Å². The lowest BCUT2D eigenvalue weighted by molar-refractivity contribution is -0.136. The van der Waals surface area contributed by atoms with Crippen LogP contribution in [0.4, 0.5) is 24.7 Å². The fraction of sp³-hybridized carbons (Fsp3) is 0.167. The molecule has 0 amide bonds. The molecule has 25 heavy (non-hydrogen) atoms.